The molecule has 0 aromatic carbocycles. The number of amides is 1. The molecule has 2 fully saturated rings. The van der Waals surface area contributed by atoms with Gasteiger partial charge in [-0.05, 0) is 31.6 Å². The van der Waals surface area contributed by atoms with E-state index in [1.807, 2.05) is 4.90 Å². The summed E-state index contributed by atoms with van der Waals surface area (Å²) in [5.74, 6) is 1.02. The number of rotatable bonds is 3. The van der Waals surface area contributed by atoms with Gasteiger partial charge in [-0.25, -0.2) is 0 Å². The maximum absolute atomic E-state index is 11.7. The lowest BCUT2D eigenvalue weighted by Crippen LogP contribution is -2.42. The van der Waals surface area contributed by atoms with E-state index in [-0.39, 0.29) is 6.04 Å². The number of hydrogen-bond acceptors (Lipinski definition) is 2. The average Bonchev–Trinajstić information content (AvgIpc) is 2.95. The molecule has 3 heteroatoms. The summed E-state index contributed by atoms with van der Waals surface area (Å²) in [6, 6.07) is 0.233. The van der Waals surface area contributed by atoms with Crippen LogP contribution in [0.1, 0.15) is 38.5 Å². The van der Waals surface area contributed by atoms with Gasteiger partial charge in [0.15, 0.2) is 0 Å². The third kappa shape index (κ3) is 2.47. The number of hydrogen-bond donors (Lipinski definition) is 1. The van der Waals surface area contributed by atoms with Gasteiger partial charge in [0.1, 0.15) is 0 Å². The van der Waals surface area contributed by atoms with Crippen molar-refractivity contribution in [2.24, 2.45) is 11.7 Å². The van der Waals surface area contributed by atoms with Gasteiger partial charge in [-0.15, -0.1) is 0 Å². The fraction of sp³-hybridized carbons (Fsp3) is 0.909. The number of carbonyl (C=O) groups is 1. The summed E-state index contributed by atoms with van der Waals surface area (Å²) < 4.78 is 0. The van der Waals surface area contributed by atoms with Gasteiger partial charge in [0.05, 0.1) is 0 Å². The molecule has 0 spiro atoms. The molecule has 2 aliphatic rings. The molecule has 14 heavy (non-hydrogen) atoms. The standard InChI is InChI=1S/C11H20N2O/c12-10(9-5-6-9)8-13-7-3-1-2-4-11(13)14/h9-10H,1-8,12H2. The monoisotopic (exact) mass is 196 g/mol. The predicted octanol–water partition coefficient (Wildman–Crippen LogP) is 1.13. The first-order valence-corrected chi connectivity index (χ1v) is 5.81. The number of nitrogens with zero attached hydrogens (tertiary/aromatic N) is 1. The van der Waals surface area contributed by atoms with Crippen molar-refractivity contribution in [3.8, 4) is 0 Å². The summed E-state index contributed by atoms with van der Waals surface area (Å²) in [4.78, 5) is 13.6. The Morgan fingerprint density at radius 2 is 2.14 bits per heavy atom. The maximum atomic E-state index is 11.7. The van der Waals surface area contributed by atoms with Crippen LogP contribution in [0.4, 0.5) is 0 Å². The van der Waals surface area contributed by atoms with Gasteiger partial charge in [-0.2, -0.15) is 0 Å². The highest BCUT2D eigenvalue weighted by atomic mass is 16.2. The van der Waals surface area contributed by atoms with Crippen LogP contribution < -0.4 is 5.73 Å². The molecule has 80 valence electrons. The first kappa shape index (κ1) is 9.97. The van der Waals surface area contributed by atoms with Crippen LogP contribution in [0.3, 0.4) is 0 Å². The second-order valence-electron chi connectivity index (χ2n) is 4.65. The molecule has 1 saturated carbocycles. The lowest BCUT2D eigenvalue weighted by Gasteiger charge is -2.24. The van der Waals surface area contributed by atoms with Crippen molar-refractivity contribution >= 4 is 5.91 Å². The van der Waals surface area contributed by atoms with Crippen LogP contribution in [-0.2, 0) is 4.79 Å². The second-order valence-corrected chi connectivity index (χ2v) is 4.65. The van der Waals surface area contributed by atoms with Gasteiger partial charge in [0.25, 0.3) is 0 Å². The molecule has 0 aromatic rings. The third-order valence-electron chi connectivity index (χ3n) is 3.33. The fourth-order valence-corrected chi connectivity index (χ4v) is 2.16. The molecule has 1 saturated heterocycles. The van der Waals surface area contributed by atoms with Crippen LogP contribution in [0.15, 0.2) is 0 Å². The highest BCUT2D eigenvalue weighted by molar-refractivity contribution is 5.76. The quantitative estimate of drug-likeness (QED) is 0.735. The number of likely N-dealkylation sites (tertiary alicyclic amines) is 1. The SMILES string of the molecule is NC(CN1CCCCCC1=O)C1CC1. The fourth-order valence-electron chi connectivity index (χ4n) is 2.16. The molecular formula is C11H20N2O. The lowest BCUT2D eigenvalue weighted by molar-refractivity contribution is -0.131. The van der Waals surface area contributed by atoms with E-state index in [2.05, 4.69) is 0 Å². The molecule has 2 N–H and O–H groups in total. The molecule has 0 aromatic heterocycles. The summed E-state index contributed by atoms with van der Waals surface area (Å²) in [6.07, 6.45) is 6.68. The van der Waals surface area contributed by atoms with Gasteiger partial charge in [0.2, 0.25) is 5.91 Å². The Balaban J connectivity index is 1.83. The summed E-state index contributed by atoms with van der Waals surface area (Å²) in [5.41, 5.74) is 6.03. The van der Waals surface area contributed by atoms with E-state index in [1.54, 1.807) is 0 Å². The summed E-state index contributed by atoms with van der Waals surface area (Å²) in [6.45, 7) is 1.72. The Bertz CT molecular complexity index is 213. The minimum absolute atomic E-state index is 0.233. The first-order chi connectivity index (χ1) is 6.77. The predicted molar refractivity (Wildman–Crippen MR) is 55.7 cm³/mol. The Hall–Kier alpha value is -0.570. The van der Waals surface area contributed by atoms with Crippen LogP contribution in [0.2, 0.25) is 0 Å². The van der Waals surface area contributed by atoms with Gasteiger partial charge >= 0.3 is 0 Å². The van der Waals surface area contributed by atoms with Crippen LogP contribution in [0, 0.1) is 5.92 Å². The Kier molecular flexibility index (Phi) is 3.06. The zero-order valence-corrected chi connectivity index (χ0v) is 8.74. The van der Waals surface area contributed by atoms with Gasteiger partial charge in [-0.1, -0.05) is 6.42 Å². The molecule has 3 nitrogen and oxygen atoms in total. The minimum Gasteiger partial charge on any atom is -0.341 e. The third-order valence-corrected chi connectivity index (χ3v) is 3.33. The van der Waals surface area contributed by atoms with Crippen molar-refractivity contribution in [1.29, 1.82) is 0 Å². The molecular weight excluding hydrogens is 176 g/mol. The molecule has 1 amide bonds. The molecule has 1 heterocycles. The zero-order chi connectivity index (χ0) is 9.97. The average molecular weight is 196 g/mol. The Morgan fingerprint density at radius 3 is 2.86 bits per heavy atom. The number of carbonyl (C=O) groups excluding carboxylic acids is 1. The minimum atomic E-state index is 0.233. The highest BCUT2D eigenvalue weighted by Crippen LogP contribution is 2.32. The van der Waals surface area contributed by atoms with Gasteiger partial charge < -0.3 is 10.6 Å². The van der Waals surface area contributed by atoms with Crippen LogP contribution in [0.5, 0.6) is 0 Å². The summed E-state index contributed by atoms with van der Waals surface area (Å²) >= 11 is 0. The van der Waals surface area contributed by atoms with Crippen molar-refractivity contribution in [2.45, 2.75) is 44.6 Å². The molecule has 2 rings (SSSR count). The maximum Gasteiger partial charge on any atom is 0.222 e. The van der Waals surface area contributed by atoms with E-state index in [0.717, 1.165) is 32.4 Å². The highest BCUT2D eigenvalue weighted by Gasteiger charge is 2.30. The van der Waals surface area contributed by atoms with Crippen molar-refractivity contribution in [1.82, 2.24) is 4.90 Å². The summed E-state index contributed by atoms with van der Waals surface area (Å²) in [7, 11) is 0. The van der Waals surface area contributed by atoms with E-state index < -0.39 is 0 Å². The zero-order valence-electron chi connectivity index (χ0n) is 8.74. The van der Waals surface area contributed by atoms with Crippen LogP contribution in [-0.4, -0.2) is 29.9 Å². The molecule has 0 radical (unpaired) electrons. The number of nitrogens with two attached hydrogens (primary N) is 1. The Morgan fingerprint density at radius 1 is 1.36 bits per heavy atom. The molecule has 1 atom stereocenters. The van der Waals surface area contributed by atoms with Crippen molar-refractivity contribution < 1.29 is 4.79 Å². The van der Waals surface area contributed by atoms with Crippen molar-refractivity contribution in [3.05, 3.63) is 0 Å². The van der Waals surface area contributed by atoms with E-state index in [4.69, 9.17) is 5.73 Å². The molecule has 1 aliphatic carbocycles. The smallest absolute Gasteiger partial charge is 0.222 e. The normalized spacial score (nSPS) is 26.1. The largest absolute Gasteiger partial charge is 0.341 e. The first-order valence-electron chi connectivity index (χ1n) is 5.81. The van der Waals surface area contributed by atoms with E-state index in [9.17, 15) is 4.79 Å². The van der Waals surface area contributed by atoms with Crippen molar-refractivity contribution in [3.63, 3.8) is 0 Å². The molecule has 0 bridgehead atoms. The Labute approximate surface area is 85.6 Å². The molecule has 1 unspecified atom stereocenters. The van der Waals surface area contributed by atoms with Gasteiger partial charge in [-0.3, -0.25) is 4.79 Å². The molecule has 1 aliphatic heterocycles. The van der Waals surface area contributed by atoms with E-state index in [1.165, 1.54) is 19.3 Å². The van der Waals surface area contributed by atoms with E-state index >= 15 is 0 Å². The van der Waals surface area contributed by atoms with E-state index in [0.29, 0.717) is 11.8 Å². The van der Waals surface area contributed by atoms with Crippen LogP contribution in [0.25, 0.3) is 0 Å². The summed E-state index contributed by atoms with van der Waals surface area (Å²) in [5, 5.41) is 0. The lowest BCUT2D eigenvalue weighted by atomic mass is 10.2. The van der Waals surface area contributed by atoms with Gasteiger partial charge in [0, 0.05) is 25.6 Å². The second kappa shape index (κ2) is 4.30. The topological polar surface area (TPSA) is 46.3 Å². The van der Waals surface area contributed by atoms with Crippen molar-refractivity contribution in [2.75, 3.05) is 13.1 Å². The van der Waals surface area contributed by atoms with Crippen LogP contribution >= 0.6 is 0 Å².